The van der Waals surface area contributed by atoms with E-state index in [0.29, 0.717) is 6.61 Å². The van der Waals surface area contributed by atoms with Crippen LogP contribution in [-0.2, 0) is 9.47 Å². The molecule has 0 amide bonds. The highest BCUT2D eigenvalue weighted by Gasteiger charge is 1.90. The van der Waals surface area contributed by atoms with Crippen LogP contribution in [0.5, 0.6) is 0 Å². The van der Waals surface area contributed by atoms with Gasteiger partial charge >= 0.3 is 0 Å². The van der Waals surface area contributed by atoms with Crippen molar-refractivity contribution in [2.24, 2.45) is 0 Å². The zero-order valence-corrected chi connectivity index (χ0v) is 10.9. The maximum Gasteiger partial charge on any atom is 0.0700 e. The summed E-state index contributed by atoms with van der Waals surface area (Å²) in [6.07, 6.45) is 2.33. The molecule has 0 bridgehead atoms. The van der Waals surface area contributed by atoms with Crippen molar-refractivity contribution in [3.05, 3.63) is 0 Å². The van der Waals surface area contributed by atoms with Crippen LogP contribution >= 0.6 is 11.8 Å². The van der Waals surface area contributed by atoms with Gasteiger partial charge in [-0.2, -0.15) is 11.8 Å². The molecular formula is C11H25NO2S. The van der Waals surface area contributed by atoms with E-state index in [0.717, 1.165) is 32.7 Å². The molecule has 0 atom stereocenters. The normalized spacial score (nSPS) is 10.8. The van der Waals surface area contributed by atoms with Gasteiger partial charge in [-0.3, -0.25) is 0 Å². The third kappa shape index (κ3) is 14.2. The maximum atomic E-state index is 5.36. The van der Waals surface area contributed by atoms with Gasteiger partial charge in [-0.05, 0) is 25.1 Å². The molecule has 0 rings (SSSR count). The van der Waals surface area contributed by atoms with E-state index in [1.54, 1.807) is 7.11 Å². The van der Waals surface area contributed by atoms with E-state index >= 15 is 0 Å². The molecule has 0 heterocycles. The van der Waals surface area contributed by atoms with Gasteiger partial charge in [0.05, 0.1) is 13.2 Å². The van der Waals surface area contributed by atoms with Crippen molar-refractivity contribution < 1.29 is 9.47 Å². The van der Waals surface area contributed by atoms with E-state index in [9.17, 15) is 0 Å². The van der Waals surface area contributed by atoms with E-state index in [1.165, 1.54) is 17.9 Å². The van der Waals surface area contributed by atoms with E-state index in [-0.39, 0.29) is 0 Å². The van der Waals surface area contributed by atoms with Crippen molar-refractivity contribution in [1.82, 2.24) is 5.32 Å². The van der Waals surface area contributed by atoms with Crippen molar-refractivity contribution in [2.45, 2.75) is 19.8 Å². The lowest BCUT2D eigenvalue weighted by molar-refractivity contribution is 0.0688. The van der Waals surface area contributed by atoms with Gasteiger partial charge in [0.1, 0.15) is 0 Å². The Morgan fingerprint density at radius 1 is 1.07 bits per heavy atom. The summed E-state index contributed by atoms with van der Waals surface area (Å²) in [5, 5.41) is 3.42. The highest BCUT2D eigenvalue weighted by atomic mass is 32.2. The predicted molar refractivity (Wildman–Crippen MR) is 67.8 cm³/mol. The molecule has 0 unspecified atom stereocenters. The van der Waals surface area contributed by atoms with Crippen LogP contribution < -0.4 is 5.32 Å². The monoisotopic (exact) mass is 235 g/mol. The Morgan fingerprint density at radius 3 is 2.67 bits per heavy atom. The number of ether oxygens (including phenoxy) is 2. The van der Waals surface area contributed by atoms with Gasteiger partial charge in [0, 0.05) is 26.0 Å². The maximum absolute atomic E-state index is 5.36. The summed E-state index contributed by atoms with van der Waals surface area (Å²) >= 11 is 1.98. The number of rotatable bonds is 12. The molecule has 92 valence electrons. The minimum absolute atomic E-state index is 0.701. The van der Waals surface area contributed by atoms with Crippen LogP contribution in [0.3, 0.4) is 0 Å². The fourth-order valence-corrected chi connectivity index (χ4v) is 1.69. The molecule has 0 fully saturated rings. The highest BCUT2D eigenvalue weighted by Crippen LogP contribution is 1.95. The van der Waals surface area contributed by atoms with Gasteiger partial charge in [0.15, 0.2) is 0 Å². The number of nitrogens with one attached hydrogen (secondary N) is 1. The summed E-state index contributed by atoms with van der Waals surface area (Å²) in [5.74, 6) is 2.44. The largest absolute Gasteiger partial charge is 0.382 e. The predicted octanol–water partition coefficient (Wildman–Crippen LogP) is 1.77. The molecule has 0 spiro atoms. The highest BCUT2D eigenvalue weighted by molar-refractivity contribution is 7.99. The van der Waals surface area contributed by atoms with Crippen LogP contribution in [0.25, 0.3) is 0 Å². The van der Waals surface area contributed by atoms with Crippen LogP contribution in [0, 0.1) is 0 Å². The average molecular weight is 235 g/mol. The smallest absolute Gasteiger partial charge is 0.0700 e. The summed E-state index contributed by atoms with van der Waals surface area (Å²) in [7, 11) is 1.70. The Bertz CT molecular complexity index is 103. The first-order chi connectivity index (χ1) is 7.41. The Hall–Kier alpha value is 0.230. The average Bonchev–Trinajstić information content (AvgIpc) is 2.26. The molecule has 4 heteroatoms. The molecule has 0 aliphatic carbocycles. The number of hydrogen-bond acceptors (Lipinski definition) is 4. The van der Waals surface area contributed by atoms with Crippen molar-refractivity contribution in [3.8, 4) is 0 Å². The Labute approximate surface area is 98.3 Å². The van der Waals surface area contributed by atoms with Gasteiger partial charge in [-0.1, -0.05) is 6.92 Å². The summed E-state index contributed by atoms with van der Waals surface area (Å²) < 4.78 is 10.2. The molecule has 1 N–H and O–H groups in total. The van der Waals surface area contributed by atoms with Crippen LogP contribution in [-0.4, -0.2) is 51.5 Å². The summed E-state index contributed by atoms with van der Waals surface area (Å²) in [5.41, 5.74) is 0. The first-order valence-corrected chi connectivity index (χ1v) is 6.92. The number of hydrogen-bond donors (Lipinski definition) is 1. The van der Waals surface area contributed by atoms with Gasteiger partial charge in [-0.15, -0.1) is 0 Å². The summed E-state index contributed by atoms with van der Waals surface area (Å²) in [6.45, 7) is 6.71. The Balaban J connectivity index is 2.81. The van der Waals surface area contributed by atoms with Crippen molar-refractivity contribution in [3.63, 3.8) is 0 Å². The third-order valence-electron chi connectivity index (χ3n) is 1.95. The number of thioether (sulfide) groups is 1. The number of unbranched alkanes of at least 4 members (excludes halogenated alkanes) is 1. The molecule has 0 aliphatic rings. The number of methoxy groups -OCH3 is 1. The second-order valence-corrected chi connectivity index (χ2v) is 4.65. The minimum atomic E-state index is 0.701. The van der Waals surface area contributed by atoms with E-state index in [1.807, 2.05) is 11.8 Å². The third-order valence-corrected chi connectivity index (χ3v) is 2.85. The van der Waals surface area contributed by atoms with Crippen LogP contribution in [0.1, 0.15) is 19.8 Å². The first kappa shape index (κ1) is 15.2. The molecule has 0 saturated carbocycles. The SMILES string of the molecule is CCSCCNCCCCOCCOC. The zero-order valence-electron chi connectivity index (χ0n) is 10.1. The molecule has 0 aromatic rings. The van der Waals surface area contributed by atoms with Crippen LogP contribution in [0.15, 0.2) is 0 Å². The summed E-state index contributed by atoms with van der Waals surface area (Å²) in [6, 6.07) is 0. The van der Waals surface area contributed by atoms with Gasteiger partial charge < -0.3 is 14.8 Å². The molecule has 0 aromatic carbocycles. The standard InChI is InChI=1S/C11H25NO2S/c1-3-15-11-7-12-6-4-5-8-14-10-9-13-2/h12H,3-11H2,1-2H3. The quantitative estimate of drug-likeness (QED) is 0.522. The van der Waals surface area contributed by atoms with Gasteiger partial charge in [0.2, 0.25) is 0 Å². The van der Waals surface area contributed by atoms with Crippen LogP contribution in [0.4, 0.5) is 0 Å². The van der Waals surface area contributed by atoms with E-state index in [2.05, 4.69) is 12.2 Å². The molecule has 0 radical (unpaired) electrons. The molecule has 0 saturated heterocycles. The fraction of sp³-hybridized carbons (Fsp3) is 1.00. The van der Waals surface area contributed by atoms with E-state index in [4.69, 9.17) is 9.47 Å². The molecule has 3 nitrogen and oxygen atoms in total. The lowest BCUT2D eigenvalue weighted by atomic mass is 10.3. The minimum Gasteiger partial charge on any atom is -0.382 e. The van der Waals surface area contributed by atoms with Gasteiger partial charge in [-0.25, -0.2) is 0 Å². The molecule has 15 heavy (non-hydrogen) atoms. The van der Waals surface area contributed by atoms with Crippen molar-refractivity contribution in [1.29, 1.82) is 0 Å². The Morgan fingerprint density at radius 2 is 1.93 bits per heavy atom. The molecule has 0 aromatic heterocycles. The summed E-state index contributed by atoms with van der Waals surface area (Å²) in [4.78, 5) is 0. The molecule has 0 aliphatic heterocycles. The lowest BCUT2D eigenvalue weighted by Crippen LogP contribution is -2.19. The molecular weight excluding hydrogens is 210 g/mol. The second-order valence-electron chi connectivity index (χ2n) is 3.26. The fourth-order valence-electron chi connectivity index (χ4n) is 1.11. The Kier molecular flexibility index (Phi) is 14.4. The lowest BCUT2D eigenvalue weighted by Gasteiger charge is -2.05. The van der Waals surface area contributed by atoms with Crippen molar-refractivity contribution in [2.75, 3.05) is 51.5 Å². The van der Waals surface area contributed by atoms with Crippen molar-refractivity contribution >= 4 is 11.8 Å². The van der Waals surface area contributed by atoms with Crippen LogP contribution in [0.2, 0.25) is 0 Å². The topological polar surface area (TPSA) is 30.5 Å². The van der Waals surface area contributed by atoms with Gasteiger partial charge in [0.25, 0.3) is 0 Å². The van der Waals surface area contributed by atoms with E-state index < -0.39 is 0 Å². The first-order valence-electron chi connectivity index (χ1n) is 5.77. The second kappa shape index (κ2) is 14.2. The zero-order chi connectivity index (χ0) is 11.2.